The van der Waals surface area contributed by atoms with Gasteiger partial charge in [-0.15, -0.1) is 0 Å². The van der Waals surface area contributed by atoms with E-state index < -0.39 is 0 Å². The van der Waals surface area contributed by atoms with Gasteiger partial charge in [0.2, 0.25) is 5.91 Å². The molecule has 0 radical (unpaired) electrons. The average Bonchev–Trinajstić information content (AvgIpc) is 2.78. The van der Waals surface area contributed by atoms with Gasteiger partial charge in [-0.1, -0.05) is 42.5 Å². The van der Waals surface area contributed by atoms with E-state index >= 15 is 0 Å². The number of ether oxygens (including phenoxy) is 1. The Balaban J connectivity index is 1.52. The minimum Gasteiger partial charge on any atom is -0.384 e. The first kappa shape index (κ1) is 19.3. The van der Waals surface area contributed by atoms with Gasteiger partial charge in [0.25, 0.3) is 0 Å². The van der Waals surface area contributed by atoms with Crippen molar-refractivity contribution >= 4 is 22.6 Å². The minimum atomic E-state index is 0.171. The van der Waals surface area contributed by atoms with Crippen LogP contribution in [0.3, 0.4) is 0 Å². The fraction of sp³-hybridized carbons (Fsp3) is 0.348. The smallest absolute Gasteiger partial charge is 0.224 e. The lowest BCUT2D eigenvalue weighted by molar-refractivity contribution is -0.133. The number of amides is 1. The summed E-state index contributed by atoms with van der Waals surface area (Å²) in [5, 5.41) is 4.64. The lowest BCUT2D eigenvalue weighted by atomic mass is 10.0. The molecule has 4 rings (SSSR count). The summed E-state index contributed by atoms with van der Waals surface area (Å²) in [6.07, 6.45) is 2.25. The van der Waals surface area contributed by atoms with E-state index in [1.807, 2.05) is 53.4 Å². The standard InChI is InChI=1S/C23H26N4O2/c1-29-16-13-21(28)27-14-11-18(12-15-27)24-23-19-9-5-6-10-20(19)25-22(26-23)17-7-3-2-4-8-17/h2-10,18H,11-16H2,1H3,(H,24,25,26). The number of piperidine rings is 1. The Bertz CT molecular complexity index is 969. The maximum atomic E-state index is 12.2. The number of methoxy groups -OCH3 is 1. The molecule has 1 aliphatic rings. The molecule has 1 aromatic heterocycles. The molecule has 0 unspecified atom stereocenters. The van der Waals surface area contributed by atoms with E-state index in [-0.39, 0.29) is 11.9 Å². The first-order chi connectivity index (χ1) is 14.2. The number of anilines is 1. The molecular weight excluding hydrogens is 364 g/mol. The quantitative estimate of drug-likeness (QED) is 0.695. The first-order valence-corrected chi connectivity index (χ1v) is 10.1. The maximum Gasteiger partial charge on any atom is 0.224 e. The number of rotatable bonds is 6. The third-order valence-corrected chi connectivity index (χ3v) is 5.34. The summed E-state index contributed by atoms with van der Waals surface area (Å²) >= 11 is 0. The van der Waals surface area contributed by atoms with Gasteiger partial charge < -0.3 is 15.0 Å². The second-order valence-electron chi connectivity index (χ2n) is 7.32. The van der Waals surface area contributed by atoms with Crippen molar-refractivity contribution in [2.45, 2.75) is 25.3 Å². The number of para-hydroxylation sites is 1. The van der Waals surface area contributed by atoms with Crippen LogP contribution in [0.2, 0.25) is 0 Å². The third kappa shape index (κ3) is 4.54. The molecule has 3 aromatic rings. The van der Waals surface area contributed by atoms with Crippen LogP contribution in [0.25, 0.3) is 22.3 Å². The molecule has 29 heavy (non-hydrogen) atoms. The number of aromatic nitrogens is 2. The molecule has 2 heterocycles. The van der Waals surface area contributed by atoms with E-state index in [4.69, 9.17) is 14.7 Å². The van der Waals surface area contributed by atoms with Crippen molar-refractivity contribution in [1.82, 2.24) is 14.9 Å². The van der Waals surface area contributed by atoms with E-state index in [9.17, 15) is 4.79 Å². The van der Waals surface area contributed by atoms with Crippen molar-refractivity contribution in [1.29, 1.82) is 0 Å². The van der Waals surface area contributed by atoms with Crippen molar-refractivity contribution in [3.8, 4) is 11.4 Å². The van der Waals surface area contributed by atoms with Crippen LogP contribution in [0.5, 0.6) is 0 Å². The maximum absolute atomic E-state index is 12.2. The van der Waals surface area contributed by atoms with Crippen molar-refractivity contribution < 1.29 is 9.53 Å². The molecule has 0 saturated carbocycles. The number of carbonyl (C=O) groups excluding carboxylic acids is 1. The van der Waals surface area contributed by atoms with Crippen molar-refractivity contribution in [3.05, 3.63) is 54.6 Å². The van der Waals surface area contributed by atoms with Crippen LogP contribution in [0.15, 0.2) is 54.6 Å². The number of likely N-dealkylation sites (tertiary alicyclic amines) is 1. The van der Waals surface area contributed by atoms with E-state index in [0.29, 0.717) is 13.0 Å². The van der Waals surface area contributed by atoms with Crippen LogP contribution >= 0.6 is 0 Å². The Morgan fingerprint density at radius 1 is 1.07 bits per heavy atom. The molecular formula is C23H26N4O2. The number of benzene rings is 2. The lowest BCUT2D eigenvalue weighted by Crippen LogP contribution is -2.42. The minimum absolute atomic E-state index is 0.171. The average molecular weight is 390 g/mol. The Morgan fingerprint density at radius 2 is 1.79 bits per heavy atom. The summed E-state index contributed by atoms with van der Waals surface area (Å²) in [5.41, 5.74) is 1.93. The molecule has 6 nitrogen and oxygen atoms in total. The van der Waals surface area contributed by atoms with E-state index in [0.717, 1.165) is 54.0 Å². The van der Waals surface area contributed by atoms with Gasteiger partial charge in [0.15, 0.2) is 5.82 Å². The highest BCUT2D eigenvalue weighted by Crippen LogP contribution is 2.26. The van der Waals surface area contributed by atoms with Gasteiger partial charge in [0.05, 0.1) is 18.5 Å². The third-order valence-electron chi connectivity index (χ3n) is 5.34. The lowest BCUT2D eigenvalue weighted by Gasteiger charge is -2.33. The Labute approximate surface area is 170 Å². The number of nitrogens with zero attached hydrogens (tertiary/aromatic N) is 3. The van der Waals surface area contributed by atoms with E-state index in [1.54, 1.807) is 7.11 Å². The summed E-state index contributed by atoms with van der Waals surface area (Å²) in [6, 6.07) is 18.4. The van der Waals surface area contributed by atoms with Gasteiger partial charge in [-0.05, 0) is 25.0 Å². The second-order valence-corrected chi connectivity index (χ2v) is 7.32. The zero-order chi connectivity index (χ0) is 20.1. The van der Waals surface area contributed by atoms with Gasteiger partial charge in [-0.25, -0.2) is 9.97 Å². The summed E-state index contributed by atoms with van der Waals surface area (Å²) in [5.74, 6) is 1.75. The normalized spacial score (nSPS) is 14.9. The van der Waals surface area contributed by atoms with E-state index in [2.05, 4.69) is 11.4 Å². The highest BCUT2D eigenvalue weighted by molar-refractivity contribution is 5.90. The highest BCUT2D eigenvalue weighted by Gasteiger charge is 2.23. The molecule has 0 aliphatic carbocycles. The van der Waals surface area contributed by atoms with Crippen molar-refractivity contribution in [3.63, 3.8) is 0 Å². The molecule has 0 atom stereocenters. The predicted molar refractivity (Wildman–Crippen MR) is 115 cm³/mol. The summed E-state index contributed by atoms with van der Waals surface area (Å²) in [7, 11) is 1.62. The van der Waals surface area contributed by atoms with Gasteiger partial charge in [-0.3, -0.25) is 4.79 Å². The molecule has 1 amide bonds. The molecule has 1 saturated heterocycles. The molecule has 0 spiro atoms. The summed E-state index contributed by atoms with van der Waals surface area (Å²) in [4.78, 5) is 23.7. The van der Waals surface area contributed by atoms with Crippen LogP contribution in [0, 0.1) is 0 Å². The van der Waals surface area contributed by atoms with Crippen LogP contribution in [0.1, 0.15) is 19.3 Å². The van der Waals surface area contributed by atoms with Gasteiger partial charge >= 0.3 is 0 Å². The topological polar surface area (TPSA) is 67.3 Å². The summed E-state index contributed by atoms with van der Waals surface area (Å²) in [6.45, 7) is 2.00. The summed E-state index contributed by atoms with van der Waals surface area (Å²) < 4.78 is 5.02. The number of nitrogens with one attached hydrogen (secondary N) is 1. The Kier molecular flexibility index (Phi) is 6.00. The highest BCUT2D eigenvalue weighted by atomic mass is 16.5. The van der Waals surface area contributed by atoms with Crippen molar-refractivity contribution in [2.24, 2.45) is 0 Å². The fourth-order valence-electron chi connectivity index (χ4n) is 3.72. The van der Waals surface area contributed by atoms with Gasteiger partial charge in [0.1, 0.15) is 5.82 Å². The van der Waals surface area contributed by atoms with Gasteiger partial charge in [-0.2, -0.15) is 0 Å². The molecule has 0 bridgehead atoms. The van der Waals surface area contributed by atoms with Crippen molar-refractivity contribution in [2.75, 3.05) is 32.1 Å². The predicted octanol–water partition coefficient (Wildman–Crippen LogP) is 3.74. The molecule has 1 fully saturated rings. The number of carbonyl (C=O) groups is 1. The van der Waals surface area contributed by atoms with Crippen LogP contribution < -0.4 is 5.32 Å². The SMILES string of the molecule is COCCC(=O)N1CCC(Nc2nc(-c3ccccc3)nc3ccccc23)CC1. The number of hydrogen-bond donors (Lipinski definition) is 1. The molecule has 6 heteroatoms. The molecule has 1 aliphatic heterocycles. The largest absolute Gasteiger partial charge is 0.384 e. The first-order valence-electron chi connectivity index (χ1n) is 10.1. The van der Waals surface area contributed by atoms with E-state index in [1.165, 1.54) is 0 Å². The number of hydrogen-bond acceptors (Lipinski definition) is 5. The zero-order valence-electron chi connectivity index (χ0n) is 16.7. The van der Waals surface area contributed by atoms with Crippen LogP contribution in [-0.4, -0.2) is 53.6 Å². The number of fused-ring (bicyclic) bond motifs is 1. The fourth-order valence-corrected chi connectivity index (χ4v) is 3.72. The Hall–Kier alpha value is -2.99. The van der Waals surface area contributed by atoms with Crippen LogP contribution in [-0.2, 0) is 9.53 Å². The molecule has 2 aromatic carbocycles. The van der Waals surface area contributed by atoms with Crippen LogP contribution in [0.4, 0.5) is 5.82 Å². The van der Waals surface area contributed by atoms with Gasteiger partial charge in [0, 0.05) is 37.2 Å². The Morgan fingerprint density at radius 3 is 2.55 bits per heavy atom. The molecule has 150 valence electrons. The second kappa shape index (κ2) is 9.01. The monoisotopic (exact) mass is 390 g/mol. The zero-order valence-corrected chi connectivity index (χ0v) is 16.7. The molecule has 1 N–H and O–H groups in total.